The van der Waals surface area contributed by atoms with Crippen LogP contribution in [0.2, 0.25) is 0 Å². The van der Waals surface area contributed by atoms with Crippen LogP contribution in [0.15, 0.2) is 0 Å². The molecule has 0 unspecified atom stereocenters. The van der Waals surface area contributed by atoms with Crippen LogP contribution in [0.3, 0.4) is 0 Å². The second kappa shape index (κ2) is 4.94. The van der Waals surface area contributed by atoms with Gasteiger partial charge < -0.3 is 4.90 Å². The van der Waals surface area contributed by atoms with Crippen LogP contribution >= 0.6 is 0 Å². The van der Waals surface area contributed by atoms with Crippen molar-refractivity contribution in [3.63, 3.8) is 0 Å². The van der Waals surface area contributed by atoms with Crippen molar-refractivity contribution in [2.45, 2.75) is 51.6 Å². The fourth-order valence-corrected chi connectivity index (χ4v) is 1.85. The van der Waals surface area contributed by atoms with Crippen LogP contribution in [0.4, 0.5) is 4.39 Å². The van der Waals surface area contributed by atoms with Gasteiger partial charge in [0.1, 0.15) is 5.67 Å². The van der Waals surface area contributed by atoms with Gasteiger partial charge in [0.15, 0.2) is 0 Å². The fourth-order valence-electron chi connectivity index (χ4n) is 1.85. The van der Waals surface area contributed by atoms with Crippen molar-refractivity contribution >= 4 is 0 Å². The van der Waals surface area contributed by atoms with Crippen molar-refractivity contribution in [3.8, 4) is 0 Å². The molecule has 0 heterocycles. The predicted octanol–water partition coefficient (Wildman–Crippen LogP) is 3.00. The SMILES string of the molecule is CCCCN(CC)CC1(F)CCC1. The maximum Gasteiger partial charge on any atom is 0.123 e. The second-order valence-corrected chi connectivity index (χ2v) is 4.23. The summed E-state index contributed by atoms with van der Waals surface area (Å²) >= 11 is 0. The van der Waals surface area contributed by atoms with Crippen molar-refractivity contribution in [2.24, 2.45) is 0 Å². The first-order valence-electron chi connectivity index (χ1n) is 5.61. The zero-order chi connectivity index (χ0) is 9.73. The normalized spacial score (nSPS) is 20.3. The standard InChI is InChI=1S/C11H22FN/c1-3-5-9-13(4-2)10-11(12)7-6-8-11/h3-10H2,1-2H3. The highest BCUT2D eigenvalue weighted by molar-refractivity contribution is 4.90. The maximum atomic E-state index is 13.7. The van der Waals surface area contributed by atoms with Gasteiger partial charge in [-0.15, -0.1) is 0 Å². The molecule has 1 aliphatic rings. The zero-order valence-electron chi connectivity index (χ0n) is 8.98. The Morgan fingerprint density at radius 3 is 2.38 bits per heavy atom. The first-order valence-corrected chi connectivity index (χ1v) is 5.61. The van der Waals surface area contributed by atoms with Crippen LogP contribution in [-0.4, -0.2) is 30.2 Å². The van der Waals surface area contributed by atoms with Crippen LogP contribution < -0.4 is 0 Å². The summed E-state index contributed by atoms with van der Waals surface area (Å²) in [7, 11) is 0. The monoisotopic (exact) mass is 187 g/mol. The first kappa shape index (κ1) is 11.0. The molecule has 0 atom stereocenters. The lowest BCUT2D eigenvalue weighted by atomic mass is 9.81. The highest BCUT2D eigenvalue weighted by Gasteiger charge is 2.37. The molecule has 0 aliphatic heterocycles. The van der Waals surface area contributed by atoms with E-state index in [1.807, 2.05) is 0 Å². The molecular formula is C11H22FN. The molecule has 0 aromatic heterocycles. The minimum Gasteiger partial charge on any atom is -0.300 e. The summed E-state index contributed by atoms with van der Waals surface area (Å²) in [6, 6.07) is 0. The molecular weight excluding hydrogens is 165 g/mol. The van der Waals surface area contributed by atoms with Crippen molar-refractivity contribution in [1.82, 2.24) is 4.90 Å². The summed E-state index contributed by atoms with van der Waals surface area (Å²) in [5, 5.41) is 0. The molecule has 0 saturated heterocycles. The van der Waals surface area contributed by atoms with Gasteiger partial charge in [-0.25, -0.2) is 4.39 Å². The van der Waals surface area contributed by atoms with Crippen LogP contribution in [0.1, 0.15) is 46.0 Å². The van der Waals surface area contributed by atoms with E-state index in [-0.39, 0.29) is 0 Å². The summed E-state index contributed by atoms with van der Waals surface area (Å²) in [6.45, 7) is 7.04. The van der Waals surface area contributed by atoms with Gasteiger partial charge in [0.05, 0.1) is 0 Å². The Morgan fingerprint density at radius 1 is 1.31 bits per heavy atom. The molecule has 13 heavy (non-hydrogen) atoms. The number of nitrogens with zero attached hydrogens (tertiary/aromatic N) is 1. The Bertz CT molecular complexity index is 143. The lowest BCUT2D eigenvalue weighted by Crippen LogP contribution is -2.44. The van der Waals surface area contributed by atoms with E-state index in [0.717, 1.165) is 32.4 Å². The molecule has 0 radical (unpaired) electrons. The molecule has 2 heteroatoms. The van der Waals surface area contributed by atoms with Gasteiger partial charge in [-0.3, -0.25) is 0 Å². The molecule has 0 spiro atoms. The zero-order valence-corrected chi connectivity index (χ0v) is 8.98. The van der Waals surface area contributed by atoms with E-state index in [1.54, 1.807) is 0 Å². The van der Waals surface area contributed by atoms with E-state index >= 15 is 0 Å². The molecule has 78 valence electrons. The Hall–Kier alpha value is -0.110. The lowest BCUT2D eigenvalue weighted by molar-refractivity contribution is 0.0218. The van der Waals surface area contributed by atoms with Gasteiger partial charge in [0.2, 0.25) is 0 Å². The fraction of sp³-hybridized carbons (Fsp3) is 1.00. The molecule has 1 rings (SSSR count). The molecule has 1 fully saturated rings. The predicted molar refractivity (Wildman–Crippen MR) is 54.7 cm³/mol. The summed E-state index contributed by atoms with van der Waals surface area (Å²) in [5.74, 6) is 0. The summed E-state index contributed by atoms with van der Waals surface area (Å²) in [6.07, 6.45) is 5.06. The Labute approximate surface area is 81.3 Å². The summed E-state index contributed by atoms with van der Waals surface area (Å²) in [5.41, 5.74) is -0.830. The average molecular weight is 187 g/mol. The summed E-state index contributed by atoms with van der Waals surface area (Å²) < 4.78 is 13.7. The van der Waals surface area contributed by atoms with Crippen LogP contribution in [0, 0.1) is 0 Å². The number of rotatable bonds is 6. The molecule has 0 aromatic carbocycles. The molecule has 1 saturated carbocycles. The highest BCUT2D eigenvalue weighted by Crippen LogP contribution is 2.36. The third kappa shape index (κ3) is 3.26. The minimum atomic E-state index is -0.830. The third-order valence-corrected chi connectivity index (χ3v) is 3.03. The largest absolute Gasteiger partial charge is 0.300 e. The molecule has 0 aromatic rings. The highest BCUT2D eigenvalue weighted by atomic mass is 19.1. The number of unbranched alkanes of at least 4 members (excludes halogenated alkanes) is 1. The second-order valence-electron chi connectivity index (χ2n) is 4.23. The van der Waals surface area contributed by atoms with Gasteiger partial charge >= 0.3 is 0 Å². The van der Waals surface area contributed by atoms with Crippen LogP contribution in [0.25, 0.3) is 0 Å². The van der Waals surface area contributed by atoms with Gasteiger partial charge in [-0.05, 0) is 38.8 Å². The molecule has 1 nitrogen and oxygen atoms in total. The van der Waals surface area contributed by atoms with Crippen LogP contribution in [0.5, 0.6) is 0 Å². The van der Waals surface area contributed by atoms with Crippen molar-refractivity contribution in [3.05, 3.63) is 0 Å². The van der Waals surface area contributed by atoms with E-state index < -0.39 is 5.67 Å². The lowest BCUT2D eigenvalue weighted by Gasteiger charge is -2.38. The molecule has 0 bridgehead atoms. The number of hydrogen-bond acceptors (Lipinski definition) is 1. The van der Waals surface area contributed by atoms with Crippen molar-refractivity contribution in [2.75, 3.05) is 19.6 Å². The molecule has 0 N–H and O–H groups in total. The molecule has 1 aliphatic carbocycles. The quantitative estimate of drug-likeness (QED) is 0.618. The number of hydrogen-bond donors (Lipinski definition) is 0. The third-order valence-electron chi connectivity index (χ3n) is 3.03. The van der Waals surface area contributed by atoms with E-state index in [2.05, 4.69) is 18.7 Å². The smallest absolute Gasteiger partial charge is 0.123 e. The van der Waals surface area contributed by atoms with Crippen molar-refractivity contribution < 1.29 is 4.39 Å². The van der Waals surface area contributed by atoms with Gasteiger partial charge in [-0.1, -0.05) is 20.3 Å². The van der Waals surface area contributed by atoms with Crippen molar-refractivity contribution in [1.29, 1.82) is 0 Å². The average Bonchev–Trinajstić information content (AvgIpc) is 2.09. The first-order chi connectivity index (χ1) is 6.20. The van der Waals surface area contributed by atoms with Gasteiger partial charge in [-0.2, -0.15) is 0 Å². The molecule has 0 amide bonds. The number of alkyl halides is 1. The minimum absolute atomic E-state index is 0.670. The summed E-state index contributed by atoms with van der Waals surface area (Å²) in [4.78, 5) is 2.25. The van der Waals surface area contributed by atoms with Gasteiger partial charge in [0.25, 0.3) is 0 Å². The Balaban J connectivity index is 2.22. The topological polar surface area (TPSA) is 3.24 Å². The van der Waals surface area contributed by atoms with Gasteiger partial charge in [0, 0.05) is 6.54 Å². The van der Waals surface area contributed by atoms with E-state index in [4.69, 9.17) is 0 Å². The van der Waals surface area contributed by atoms with Crippen LogP contribution in [-0.2, 0) is 0 Å². The van der Waals surface area contributed by atoms with E-state index in [1.165, 1.54) is 12.8 Å². The number of halogens is 1. The Morgan fingerprint density at radius 2 is 2.00 bits per heavy atom. The maximum absolute atomic E-state index is 13.7. The van der Waals surface area contributed by atoms with E-state index in [0.29, 0.717) is 6.54 Å². The Kier molecular flexibility index (Phi) is 4.17. The van der Waals surface area contributed by atoms with E-state index in [9.17, 15) is 4.39 Å².